The Morgan fingerprint density at radius 1 is 0.554 bits per heavy atom. The molecule has 0 radical (unpaired) electrons. The molecule has 0 saturated heterocycles. The Morgan fingerprint density at radius 3 is 1.52 bits per heavy atom. The van der Waals surface area contributed by atoms with E-state index in [2.05, 4.69) is 109 Å². The summed E-state index contributed by atoms with van der Waals surface area (Å²) in [5.41, 5.74) is 12.5. The van der Waals surface area contributed by atoms with Crippen molar-refractivity contribution in [2.24, 2.45) is 0 Å². The lowest BCUT2D eigenvalue weighted by Gasteiger charge is -2.26. The number of fused-ring (bicyclic) bond motifs is 4. The summed E-state index contributed by atoms with van der Waals surface area (Å²) in [6.45, 7) is 4.59. The molecule has 1 N–H and O–H groups in total. The number of benzene rings is 6. The quantitative estimate of drug-likeness (QED) is 0.130. The van der Waals surface area contributed by atoms with Crippen molar-refractivity contribution in [3.8, 4) is 75.9 Å². The molecule has 0 amide bonds. The fourth-order valence-corrected chi connectivity index (χ4v) is 11.7. The van der Waals surface area contributed by atoms with Gasteiger partial charge in [-0.15, -0.1) is 22.7 Å². The number of hydrogen-bond acceptors (Lipinski definition) is 9. The Hall–Kier alpha value is -7.40. The first-order chi connectivity index (χ1) is 31.6. The molecule has 322 valence electrons. The lowest BCUT2D eigenvalue weighted by atomic mass is 9.83. The SMILES string of the molecule is COc1ccc(-c2ccc(N(c3ccc(-c4cc5c(s4)-c4sc(-c6ccc(C(=O)O)c7cccnc67)cc4C5(C)C)cc3)c3ccc(-c4ccc(OC)cc4OC)cc3)cc2)c(OC)c1. The number of pyridine rings is 1. The largest absolute Gasteiger partial charge is 0.497 e. The van der Waals surface area contributed by atoms with Crippen molar-refractivity contribution < 1.29 is 28.8 Å². The van der Waals surface area contributed by atoms with Crippen LogP contribution in [0.15, 0.2) is 152 Å². The summed E-state index contributed by atoms with van der Waals surface area (Å²) in [4.78, 5) is 23.8. The van der Waals surface area contributed by atoms with Gasteiger partial charge in [-0.3, -0.25) is 4.98 Å². The number of ether oxygens (including phenoxy) is 4. The topological polar surface area (TPSA) is 90.4 Å². The molecule has 8 nitrogen and oxygen atoms in total. The van der Waals surface area contributed by atoms with Crippen LogP contribution in [0.5, 0.6) is 23.0 Å². The first-order valence-electron chi connectivity index (χ1n) is 21.1. The number of aromatic carboxylic acids is 1. The van der Waals surface area contributed by atoms with Gasteiger partial charge in [0, 0.05) is 82.4 Å². The summed E-state index contributed by atoms with van der Waals surface area (Å²) in [6.07, 6.45) is 1.73. The summed E-state index contributed by atoms with van der Waals surface area (Å²) in [6, 6.07) is 49.5. The van der Waals surface area contributed by atoms with E-state index in [9.17, 15) is 9.90 Å². The summed E-state index contributed by atoms with van der Waals surface area (Å²) < 4.78 is 22.4. The van der Waals surface area contributed by atoms with Crippen LogP contribution in [-0.4, -0.2) is 44.5 Å². The van der Waals surface area contributed by atoms with E-state index in [1.54, 1.807) is 58.1 Å². The van der Waals surface area contributed by atoms with Gasteiger partial charge in [-0.05, 0) is 113 Å². The molecule has 1 aliphatic rings. The van der Waals surface area contributed by atoms with Crippen molar-refractivity contribution in [2.75, 3.05) is 33.3 Å². The zero-order valence-electron chi connectivity index (χ0n) is 36.6. The second kappa shape index (κ2) is 16.6. The van der Waals surface area contributed by atoms with E-state index >= 15 is 0 Å². The summed E-state index contributed by atoms with van der Waals surface area (Å²) in [5.74, 6) is 2.00. The molecule has 1 aliphatic carbocycles. The van der Waals surface area contributed by atoms with Gasteiger partial charge in [-0.2, -0.15) is 0 Å². The van der Waals surface area contributed by atoms with Gasteiger partial charge < -0.3 is 29.0 Å². The number of methoxy groups -OCH3 is 4. The minimum atomic E-state index is -0.956. The van der Waals surface area contributed by atoms with Crippen LogP contribution in [0.2, 0.25) is 0 Å². The molecule has 0 spiro atoms. The zero-order chi connectivity index (χ0) is 45.0. The lowest BCUT2D eigenvalue weighted by Crippen LogP contribution is -2.13. The smallest absolute Gasteiger partial charge is 0.336 e. The molecule has 0 saturated carbocycles. The van der Waals surface area contributed by atoms with Gasteiger partial charge in [-0.25, -0.2) is 4.79 Å². The first-order valence-corrected chi connectivity index (χ1v) is 22.7. The van der Waals surface area contributed by atoms with Crippen molar-refractivity contribution >= 4 is 56.6 Å². The van der Waals surface area contributed by atoms with Crippen LogP contribution < -0.4 is 23.8 Å². The van der Waals surface area contributed by atoms with Crippen LogP contribution in [0.3, 0.4) is 0 Å². The molecule has 65 heavy (non-hydrogen) atoms. The maximum absolute atomic E-state index is 12.0. The van der Waals surface area contributed by atoms with E-state index in [0.717, 1.165) is 78.3 Å². The van der Waals surface area contributed by atoms with Crippen LogP contribution in [-0.2, 0) is 5.41 Å². The van der Waals surface area contributed by atoms with Crippen LogP contribution in [0.1, 0.15) is 35.3 Å². The number of thiophene rings is 2. The molecule has 10 heteroatoms. The van der Waals surface area contributed by atoms with E-state index < -0.39 is 5.97 Å². The Bertz CT molecular complexity index is 3160. The molecule has 3 heterocycles. The van der Waals surface area contributed by atoms with Gasteiger partial charge in [0.25, 0.3) is 0 Å². The van der Waals surface area contributed by atoms with Gasteiger partial charge in [0.05, 0.1) is 39.5 Å². The molecule has 3 aromatic heterocycles. The highest BCUT2D eigenvalue weighted by atomic mass is 32.1. The molecule has 9 aromatic rings. The number of carbonyl (C=O) groups is 1. The molecule has 0 atom stereocenters. The van der Waals surface area contributed by atoms with Gasteiger partial charge in [0.2, 0.25) is 0 Å². The molecule has 10 rings (SSSR count). The average molecular weight is 893 g/mol. The second-order valence-electron chi connectivity index (χ2n) is 16.3. The maximum atomic E-state index is 12.0. The van der Waals surface area contributed by atoms with Crippen molar-refractivity contribution in [1.29, 1.82) is 0 Å². The number of nitrogens with zero attached hydrogens (tertiary/aromatic N) is 2. The van der Waals surface area contributed by atoms with E-state index in [1.807, 2.05) is 59.9 Å². The van der Waals surface area contributed by atoms with Crippen molar-refractivity contribution in [3.63, 3.8) is 0 Å². The minimum Gasteiger partial charge on any atom is -0.497 e. The molecule has 0 fully saturated rings. The number of rotatable bonds is 12. The summed E-state index contributed by atoms with van der Waals surface area (Å²) in [7, 11) is 6.66. The van der Waals surface area contributed by atoms with Crippen LogP contribution in [0, 0.1) is 0 Å². The highest BCUT2D eigenvalue weighted by Crippen LogP contribution is 2.58. The number of aromatic nitrogens is 1. The summed E-state index contributed by atoms with van der Waals surface area (Å²) >= 11 is 3.58. The fourth-order valence-electron chi connectivity index (χ4n) is 8.90. The Labute approximate surface area is 385 Å². The average Bonchev–Trinajstić information content (AvgIpc) is 4.05. The molecule has 0 bridgehead atoms. The molecule has 6 aromatic carbocycles. The lowest BCUT2D eigenvalue weighted by molar-refractivity contribution is 0.0699. The minimum absolute atomic E-state index is 0.209. The van der Waals surface area contributed by atoms with Crippen LogP contribution in [0.25, 0.3) is 63.8 Å². The maximum Gasteiger partial charge on any atom is 0.336 e. The molecule has 0 unspecified atom stereocenters. The fraction of sp³-hybridized carbons (Fsp3) is 0.127. The van der Waals surface area contributed by atoms with Crippen molar-refractivity contribution in [1.82, 2.24) is 4.98 Å². The standard InChI is InChI=1S/C55H44N2O6S2/c1-55(2)45-30-49(64-52(45)53-46(55)31-50(65-53)44-26-25-43(54(58)59)42-8-7-27-56-51(42)44)34-13-19-37(20-14-34)57(35-15-9-32(10-16-35)40-23-21-38(60-3)28-47(40)62-5)36-17-11-33(12-18-36)41-24-22-39(61-4)29-48(41)63-6/h7-31H,1-6H3,(H,58,59). The van der Waals surface area contributed by atoms with Crippen LogP contribution >= 0.6 is 22.7 Å². The zero-order valence-corrected chi connectivity index (χ0v) is 38.3. The Balaban J connectivity index is 1.00. The van der Waals surface area contributed by atoms with Crippen molar-refractivity contribution in [3.05, 3.63) is 168 Å². The van der Waals surface area contributed by atoms with Crippen LogP contribution in [0.4, 0.5) is 17.1 Å². The predicted octanol–water partition coefficient (Wildman–Crippen LogP) is 14.5. The highest BCUT2D eigenvalue weighted by molar-refractivity contribution is 7.25. The van der Waals surface area contributed by atoms with E-state index in [1.165, 1.54) is 25.8 Å². The van der Waals surface area contributed by atoms with Gasteiger partial charge in [-0.1, -0.05) is 62.4 Å². The van der Waals surface area contributed by atoms with Crippen molar-refractivity contribution in [2.45, 2.75) is 19.3 Å². The van der Waals surface area contributed by atoms with E-state index in [4.69, 9.17) is 18.9 Å². The summed E-state index contributed by atoms with van der Waals surface area (Å²) in [5, 5.41) is 10.5. The number of anilines is 3. The third-order valence-corrected chi connectivity index (χ3v) is 14.9. The predicted molar refractivity (Wildman–Crippen MR) is 265 cm³/mol. The number of carboxylic acids is 1. The molecular formula is C55H44N2O6S2. The Kier molecular flexibility index (Phi) is 10.6. The first kappa shape index (κ1) is 41.6. The van der Waals surface area contributed by atoms with E-state index in [0.29, 0.717) is 10.9 Å². The van der Waals surface area contributed by atoms with Gasteiger partial charge in [0.15, 0.2) is 0 Å². The normalized spacial score (nSPS) is 12.4. The third kappa shape index (κ3) is 7.25. The Morgan fingerprint density at radius 2 is 1.03 bits per heavy atom. The molecular weight excluding hydrogens is 849 g/mol. The van der Waals surface area contributed by atoms with Gasteiger partial charge in [0.1, 0.15) is 23.0 Å². The number of hydrogen-bond donors (Lipinski definition) is 1. The third-order valence-electron chi connectivity index (χ3n) is 12.4. The van der Waals surface area contributed by atoms with E-state index in [-0.39, 0.29) is 11.0 Å². The second-order valence-corrected chi connectivity index (χ2v) is 18.4. The monoisotopic (exact) mass is 892 g/mol. The highest BCUT2D eigenvalue weighted by Gasteiger charge is 2.40. The van der Waals surface area contributed by atoms with Gasteiger partial charge >= 0.3 is 5.97 Å². The molecule has 0 aliphatic heterocycles. The number of carboxylic acid groups (broad SMARTS) is 1.